The van der Waals surface area contributed by atoms with Gasteiger partial charge >= 0.3 is 0 Å². The molecule has 1 aromatic rings. The van der Waals surface area contributed by atoms with Crippen molar-refractivity contribution >= 4 is 5.91 Å². The molecule has 0 radical (unpaired) electrons. The van der Waals surface area contributed by atoms with E-state index in [0.29, 0.717) is 11.8 Å². The summed E-state index contributed by atoms with van der Waals surface area (Å²) < 4.78 is 5.50. The van der Waals surface area contributed by atoms with Crippen LogP contribution in [-0.4, -0.2) is 29.6 Å². The zero-order valence-corrected chi connectivity index (χ0v) is 11.6. The SMILES string of the molecule is C#CCNC(=O)C(C)Oc1ccc(CNC2CC2)nc1. The molecule has 1 saturated carbocycles. The van der Waals surface area contributed by atoms with Gasteiger partial charge in [-0.25, -0.2) is 0 Å². The summed E-state index contributed by atoms with van der Waals surface area (Å²) in [5.74, 6) is 2.69. The first-order valence-corrected chi connectivity index (χ1v) is 6.75. The van der Waals surface area contributed by atoms with Crippen LogP contribution in [0.1, 0.15) is 25.5 Å². The molecule has 0 aliphatic heterocycles. The molecule has 20 heavy (non-hydrogen) atoms. The first-order chi connectivity index (χ1) is 9.69. The fourth-order valence-electron chi connectivity index (χ4n) is 1.66. The lowest BCUT2D eigenvalue weighted by molar-refractivity contribution is -0.127. The second kappa shape index (κ2) is 6.92. The lowest BCUT2D eigenvalue weighted by atomic mass is 10.3. The van der Waals surface area contributed by atoms with Crippen LogP contribution in [0.25, 0.3) is 0 Å². The quantitative estimate of drug-likeness (QED) is 0.723. The Morgan fingerprint density at radius 2 is 2.40 bits per heavy atom. The molecule has 1 unspecified atom stereocenters. The van der Waals surface area contributed by atoms with Crippen molar-refractivity contribution in [1.82, 2.24) is 15.6 Å². The Hall–Kier alpha value is -2.06. The lowest BCUT2D eigenvalue weighted by Gasteiger charge is -2.13. The number of ether oxygens (including phenoxy) is 1. The van der Waals surface area contributed by atoms with Crippen LogP contribution in [0.2, 0.25) is 0 Å². The predicted molar refractivity (Wildman–Crippen MR) is 76.0 cm³/mol. The topological polar surface area (TPSA) is 63.2 Å². The van der Waals surface area contributed by atoms with E-state index in [1.807, 2.05) is 12.1 Å². The third kappa shape index (κ3) is 4.56. The van der Waals surface area contributed by atoms with Crippen molar-refractivity contribution in [2.24, 2.45) is 0 Å². The van der Waals surface area contributed by atoms with E-state index in [1.54, 1.807) is 13.1 Å². The van der Waals surface area contributed by atoms with Crippen molar-refractivity contribution in [2.75, 3.05) is 6.54 Å². The van der Waals surface area contributed by atoms with Gasteiger partial charge in [-0.3, -0.25) is 9.78 Å². The number of nitrogens with zero attached hydrogens (tertiary/aromatic N) is 1. The van der Waals surface area contributed by atoms with Crippen LogP contribution < -0.4 is 15.4 Å². The number of amides is 1. The summed E-state index contributed by atoms with van der Waals surface area (Å²) in [6, 6.07) is 4.38. The zero-order valence-electron chi connectivity index (χ0n) is 11.6. The van der Waals surface area contributed by atoms with Crippen molar-refractivity contribution in [2.45, 2.75) is 38.5 Å². The summed E-state index contributed by atoms with van der Waals surface area (Å²) in [5, 5.41) is 5.96. The first-order valence-electron chi connectivity index (χ1n) is 6.75. The van der Waals surface area contributed by atoms with Crippen molar-refractivity contribution in [3.05, 3.63) is 24.0 Å². The Balaban J connectivity index is 1.79. The highest BCUT2D eigenvalue weighted by Crippen LogP contribution is 2.19. The molecule has 0 aromatic carbocycles. The average molecular weight is 273 g/mol. The zero-order chi connectivity index (χ0) is 14.4. The van der Waals surface area contributed by atoms with Gasteiger partial charge in [-0.2, -0.15) is 0 Å². The maximum absolute atomic E-state index is 11.6. The number of rotatable bonds is 7. The molecule has 1 aliphatic carbocycles. The number of hydrogen-bond donors (Lipinski definition) is 2. The highest BCUT2D eigenvalue weighted by atomic mass is 16.5. The minimum Gasteiger partial charge on any atom is -0.479 e. The summed E-state index contributed by atoms with van der Waals surface area (Å²) in [5.41, 5.74) is 0.966. The van der Waals surface area contributed by atoms with Gasteiger partial charge in [-0.15, -0.1) is 6.42 Å². The molecule has 0 bridgehead atoms. The van der Waals surface area contributed by atoms with Gasteiger partial charge in [0, 0.05) is 12.6 Å². The van der Waals surface area contributed by atoms with E-state index in [1.165, 1.54) is 12.8 Å². The van der Waals surface area contributed by atoms with Crippen molar-refractivity contribution in [3.8, 4) is 18.1 Å². The number of hydrogen-bond acceptors (Lipinski definition) is 4. The minimum absolute atomic E-state index is 0.205. The van der Waals surface area contributed by atoms with Gasteiger partial charge in [-0.05, 0) is 31.9 Å². The van der Waals surface area contributed by atoms with E-state index in [-0.39, 0.29) is 12.5 Å². The van der Waals surface area contributed by atoms with E-state index in [2.05, 4.69) is 21.5 Å². The van der Waals surface area contributed by atoms with Gasteiger partial charge in [0.25, 0.3) is 5.91 Å². The summed E-state index contributed by atoms with van der Waals surface area (Å²) in [6.45, 7) is 2.65. The molecule has 1 fully saturated rings. The second-order valence-corrected chi connectivity index (χ2v) is 4.82. The monoisotopic (exact) mass is 273 g/mol. The Morgan fingerprint density at radius 3 is 3.00 bits per heavy atom. The van der Waals surface area contributed by atoms with E-state index in [0.717, 1.165) is 12.2 Å². The lowest BCUT2D eigenvalue weighted by Crippen LogP contribution is -2.36. The molecule has 1 atom stereocenters. The smallest absolute Gasteiger partial charge is 0.261 e. The molecule has 1 aliphatic rings. The Bertz CT molecular complexity index is 489. The number of nitrogens with one attached hydrogen (secondary N) is 2. The number of terminal acetylenes is 1. The van der Waals surface area contributed by atoms with Crippen LogP contribution in [-0.2, 0) is 11.3 Å². The van der Waals surface area contributed by atoms with Gasteiger partial charge in [0.15, 0.2) is 6.10 Å². The van der Waals surface area contributed by atoms with Crippen LogP contribution in [0, 0.1) is 12.3 Å². The molecule has 5 nitrogen and oxygen atoms in total. The number of carbonyl (C=O) groups excluding carboxylic acids is 1. The largest absolute Gasteiger partial charge is 0.479 e. The number of carbonyl (C=O) groups is 1. The molecule has 2 N–H and O–H groups in total. The summed E-state index contributed by atoms with van der Waals surface area (Å²) in [6.07, 6.45) is 8.63. The highest BCUT2D eigenvalue weighted by Gasteiger charge is 2.20. The third-order valence-electron chi connectivity index (χ3n) is 2.99. The average Bonchev–Trinajstić information content (AvgIpc) is 3.28. The Labute approximate surface area is 119 Å². The van der Waals surface area contributed by atoms with Crippen LogP contribution in [0.15, 0.2) is 18.3 Å². The van der Waals surface area contributed by atoms with Crippen LogP contribution >= 0.6 is 0 Å². The Morgan fingerprint density at radius 1 is 1.60 bits per heavy atom. The normalized spacial score (nSPS) is 15.2. The van der Waals surface area contributed by atoms with Gasteiger partial charge in [0.2, 0.25) is 0 Å². The molecular weight excluding hydrogens is 254 g/mol. The molecule has 2 rings (SSSR count). The molecule has 0 saturated heterocycles. The van der Waals surface area contributed by atoms with Gasteiger partial charge in [-0.1, -0.05) is 5.92 Å². The van der Waals surface area contributed by atoms with Gasteiger partial charge in [0.05, 0.1) is 18.4 Å². The molecule has 1 heterocycles. The second-order valence-electron chi connectivity index (χ2n) is 4.82. The van der Waals surface area contributed by atoms with Crippen LogP contribution in [0.3, 0.4) is 0 Å². The maximum Gasteiger partial charge on any atom is 0.261 e. The molecule has 1 amide bonds. The fraction of sp³-hybridized carbons (Fsp3) is 0.467. The minimum atomic E-state index is -0.597. The molecule has 5 heteroatoms. The van der Waals surface area contributed by atoms with E-state index in [4.69, 9.17) is 11.2 Å². The van der Waals surface area contributed by atoms with E-state index < -0.39 is 6.10 Å². The molecule has 106 valence electrons. The number of pyridine rings is 1. The maximum atomic E-state index is 11.6. The molecular formula is C15H19N3O2. The van der Waals surface area contributed by atoms with Crippen LogP contribution in [0.4, 0.5) is 0 Å². The third-order valence-corrected chi connectivity index (χ3v) is 2.99. The molecule has 1 aromatic heterocycles. The van der Waals surface area contributed by atoms with Crippen molar-refractivity contribution in [1.29, 1.82) is 0 Å². The Kier molecular flexibility index (Phi) is 4.97. The first kappa shape index (κ1) is 14.4. The highest BCUT2D eigenvalue weighted by molar-refractivity contribution is 5.80. The summed E-state index contributed by atoms with van der Waals surface area (Å²) >= 11 is 0. The standard InChI is InChI=1S/C15H19N3O2/c1-3-8-16-15(19)11(2)20-14-7-6-13(18-10-14)9-17-12-4-5-12/h1,6-7,10-12,17H,4-5,8-9H2,2H3,(H,16,19). The summed E-state index contributed by atoms with van der Waals surface area (Å²) in [4.78, 5) is 15.9. The van der Waals surface area contributed by atoms with E-state index >= 15 is 0 Å². The van der Waals surface area contributed by atoms with Crippen LogP contribution in [0.5, 0.6) is 5.75 Å². The molecule has 0 spiro atoms. The number of aromatic nitrogens is 1. The summed E-state index contributed by atoms with van der Waals surface area (Å²) in [7, 11) is 0. The van der Waals surface area contributed by atoms with Gasteiger partial charge < -0.3 is 15.4 Å². The van der Waals surface area contributed by atoms with Crippen molar-refractivity contribution < 1.29 is 9.53 Å². The van der Waals surface area contributed by atoms with Crippen molar-refractivity contribution in [3.63, 3.8) is 0 Å². The fourth-order valence-corrected chi connectivity index (χ4v) is 1.66. The predicted octanol–water partition coefficient (Wildman–Crippen LogP) is 0.850. The van der Waals surface area contributed by atoms with E-state index in [9.17, 15) is 4.79 Å². The van der Waals surface area contributed by atoms with Gasteiger partial charge in [0.1, 0.15) is 5.75 Å².